The minimum Gasteiger partial charge on any atom is -0.393 e. The van der Waals surface area contributed by atoms with Crippen molar-refractivity contribution in [1.29, 1.82) is 0 Å². The first-order valence-corrected chi connectivity index (χ1v) is 15.6. The average Bonchev–Trinajstić information content (AvgIpc) is 3.12. The van der Waals surface area contributed by atoms with Gasteiger partial charge in [-0.15, -0.1) is 0 Å². The highest BCUT2D eigenvalue weighted by molar-refractivity contribution is 7.89. The number of aliphatic hydroxyl groups is 2. The topological polar surface area (TPSA) is 104 Å². The van der Waals surface area contributed by atoms with Crippen LogP contribution in [0.4, 0.5) is 4.39 Å². The van der Waals surface area contributed by atoms with Gasteiger partial charge in [0.05, 0.1) is 18.5 Å². The first-order chi connectivity index (χ1) is 16.2. The number of hydrogen-bond donors (Lipinski definition) is 3. The Kier molecular flexibility index (Phi) is 7.44. The molecule has 4 saturated carbocycles. The van der Waals surface area contributed by atoms with Crippen LogP contribution in [0.25, 0.3) is 0 Å². The van der Waals surface area contributed by atoms with Crippen molar-refractivity contribution in [2.75, 3.05) is 6.26 Å². The van der Waals surface area contributed by atoms with E-state index in [0.29, 0.717) is 24.7 Å². The van der Waals surface area contributed by atoms with Crippen molar-refractivity contribution >= 4 is 15.9 Å². The molecule has 12 atom stereocenters. The van der Waals surface area contributed by atoms with Gasteiger partial charge in [-0.25, -0.2) is 12.8 Å². The Morgan fingerprint density at radius 2 is 1.71 bits per heavy atom. The smallest absolute Gasteiger partial charge is 0.233 e. The van der Waals surface area contributed by atoms with E-state index in [0.717, 1.165) is 44.8 Å². The fourth-order valence-corrected chi connectivity index (χ4v) is 10.3. The molecule has 0 radical (unpaired) electrons. The van der Waals surface area contributed by atoms with Crippen LogP contribution < -0.4 is 4.72 Å². The Morgan fingerprint density at radius 1 is 1.09 bits per heavy atom. The van der Waals surface area contributed by atoms with Crippen molar-refractivity contribution < 1.29 is 27.8 Å². The van der Waals surface area contributed by atoms with Crippen molar-refractivity contribution in [1.82, 2.24) is 4.72 Å². The van der Waals surface area contributed by atoms with Crippen LogP contribution in [0.3, 0.4) is 0 Å². The Morgan fingerprint density at radius 3 is 2.34 bits per heavy atom. The van der Waals surface area contributed by atoms with Gasteiger partial charge in [-0.2, -0.15) is 0 Å². The van der Waals surface area contributed by atoms with Gasteiger partial charge in [0.2, 0.25) is 15.9 Å². The fraction of sp³-hybridized carbons (Fsp3) is 0.963. The lowest BCUT2D eigenvalue weighted by atomic mass is 9.41. The van der Waals surface area contributed by atoms with E-state index in [-0.39, 0.29) is 46.8 Å². The molecule has 1 unspecified atom stereocenters. The highest BCUT2D eigenvalue weighted by atomic mass is 32.2. The largest absolute Gasteiger partial charge is 0.393 e. The highest BCUT2D eigenvalue weighted by Crippen LogP contribution is 2.69. The van der Waals surface area contributed by atoms with Crippen LogP contribution in [0.5, 0.6) is 0 Å². The third kappa shape index (κ3) is 4.58. The Balaban J connectivity index is 1.54. The molecule has 0 heterocycles. The van der Waals surface area contributed by atoms with E-state index in [1.165, 1.54) is 0 Å². The lowest BCUT2D eigenvalue weighted by Crippen LogP contribution is -2.65. The van der Waals surface area contributed by atoms with E-state index in [1.807, 2.05) is 6.92 Å². The molecule has 0 bridgehead atoms. The lowest BCUT2D eigenvalue weighted by Gasteiger charge is -2.65. The summed E-state index contributed by atoms with van der Waals surface area (Å²) >= 11 is 0. The Labute approximate surface area is 210 Å². The summed E-state index contributed by atoms with van der Waals surface area (Å²) in [5.74, 6) is 0.598. The van der Waals surface area contributed by atoms with E-state index < -0.39 is 34.3 Å². The molecule has 0 aromatic rings. The predicted octanol–water partition coefficient (Wildman–Crippen LogP) is 4.05. The molecular formula is C27H46FNO5S. The molecule has 3 N–H and O–H groups in total. The summed E-state index contributed by atoms with van der Waals surface area (Å²) in [7, 11) is -3.54. The van der Waals surface area contributed by atoms with Crippen LogP contribution in [0, 0.1) is 52.3 Å². The van der Waals surface area contributed by atoms with E-state index in [2.05, 4.69) is 25.5 Å². The molecule has 1 amide bonds. The molecule has 0 saturated heterocycles. The van der Waals surface area contributed by atoms with Crippen molar-refractivity contribution in [3.05, 3.63) is 0 Å². The number of halogens is 1. The summed E-state index contributed by atoms with van der Waals surface area (Å²) in [6.07, 6.45) is 5.23. The SMILES string of the molecule is CC[C@H]1[C@@H](O)[C@@H]2[C@H](CC[C@]3(C)[C@@H](C(C)CCC(=O)NS(C)(=O)=O)CC[C@@H]23)[C@@]2(C)CC[C@@H](O)[C@H](F)[C@@H]12. The Bertz CT molecular complexity index is 913. The van der Waals surface area contributed by atoms with Crippen molar-refractivity contribution in [3.63, 3.8) is 0 Å². The third-order valence-corrected chi connectivity index (χ3v) is 11.9. The van der Waals surface area contributed by atoms with Gasteiger partial charge in [0.1, 0.15) is 6.17 Å². The molecule has 35 heavy (non-hydrogen) atoms. The number of alkyl halides is 1. The third-order valence-electron chi connectivity index (χ3n) is 11.3. The molecular weight excluding hydrogens is 469 g/mol. The summed E-state index contributed by atoms with van der Waals surface area (Å²) in [5.41, 5.74) is -0.141. The van der Waals surface area contributed by atoms with Crippen LogP contribution in [0.2, 0.25) is 0 Å². The lowest BCUT2D eigenvalue weighted by molar-refractivity contribution is -0.222. The van der Waals surface area contributed by atoms with Crippen LogP contribution in [0.15, 0.2) is 0 Å². The summed E-state index contributed by atoms with van der Waals surface area (Å²) < 4.78 is 40.3. The number of carbonyl (C=O) groups excluding carboxylic acids is 1. The molecule has 4 aliphatic rings. The maximum Gasteiger partial charge on any atom is 0.233 e. The van der Waals surface area contributed by atoms with E-state index in [9.17, 15) is 23.4 Å². The van der Waals surface area contributed by atoms with Crippen LogP contribution >= 0.6 is 0 Å². The van der Waals surface area contributed by atoms with E-state index in [1.54, 1.807) is 0 Å². The highest BCUT2D eigenvalue weighted by Gasteiger charge is 2.66. The summed E-state index contributed by atoms with van der Waals surface area (Å²) in [6, 6.07) is 0. The summed E-state index contributed by atoms with van der Waals surface area (Å²) in [5, 5.41) is 22.1. The van der Waals surface area contributed by atoms with Gasteiger partial charge in [-0.3, -0.25) is 9.52 Å². The summed E-state index contributed by atoms with van der Waals surface area (Å²) in [6.45, 7) is 8.83. The number of nitrogens with one attached hydrogen (secondary N) is 1. The standard InChI is InChI=1S/C27H46FNO5S/c1-6-16-23-24(28)20(30)12-14-27(23,4)19-11-13-26(3)17(8-9-18(26)22(19)25(16)32)15(2)7-10-21(31)29-35(5,33)34/h15-20,22-25,30,32H,6-14H2,1-5H3,(H,29,31)/t15?,16-,17-,18+,19+,20-,22+,23-,24+,25-,26-,27-/m1/s1. The van der Waals surface area contributed by atoms with Gasteiger partial charge in [-0.1, -0.05) is 34.1 Å². The second kappa shape index (κ2) is 9.54. The number of fused-ring (bicyclic) bond motifs is 5. The molecule has 0 spiro atoms. The first kappa shape index (κ1) is 27.3. The van der Waals surface area contributed by atoms with E-state index >= 15 is 4.39 Å². The van der Waals surface area contributed by atoms with Crippen molar-refractivity contribution in [2.24, 2.45) is 52.3 Å². The van der Waals surface area contributed by atoms with Gasteiger partial charge in [-0.05, 0) is 91.3 Å². The zero-order valence-electron chi connectivity index (χ0n) is 22.0. The number of amides is 1. The van der Waals surface area contributed by atoms with Crippen molar-refractivity contribution in [3.8, 4) is 0 Å². The Hall–Kier alpha value is -0.730. The molecule has 202 valence electrons. The van der Waals surface area contributed by atoms with E-state index in [4.69, 9.17) is 0 Å². The molecule has 4 rings (SSSR count). The number of sulfonamides is 1. The number of rotatable bonds is 6. The number of carbonyl (C=O) groups is 1. The monoisotopic (exact) mass is 515 g/mol. The first-order valence-electron chi connectivity index (χ1n) is 13.8. The molecule has 0 aromatic heterocycles. The quantitative estimate of drug-likeness (QED) is 0.495. The average molecular weight is 516 g/mol. The maximum absolute atomic E-state index is 15.5. The van der Waals surface area contributed by atoms with Crippen LogP contribution in [0.1, 0.15) is 85.5 Å². The maximum atomic E-state index is 15.5. The fourth-order valence-electron chi connectivity index (χ4n) is 9.77. The van der Waals surface area contributed by atoms with Gasteiger partial charge in [0.25, 0.3) is 0 Å². The molecule has 0 aliphatic heterocycles. The number of hydrogen-bond acceptors (Lipinski definition) is 5. The zero-order valence-corrected chi connectivity index (χ0v) is 22.9. The second-order valence-electron chi connectivity index (χ2n) is 13.0. The minimum absolute atomic E-state index is 0.0552. The van der Waals surface area contributed by atoms with Gasteiger partial charge in [0.15, 0.2) is 0 Å². The minimum atomic E-state index is -3.54. The second-order valence-corrected chi connectivity index (χ2v) is 14.7. The van der Waals surface area contributed by atoms with Gasteiger partial charge in [0, 0.05) is 12.3 Å². The molecule has 4 fully saturated rings. The molecule has 0 aromatic carbocycles. The normalized spacial score (nSPS) is 48.4. The van der Waals surface area contributed by atoms with Gasteiger partial charge >= 0.3 is 0 Å². The molecule has 6 nitrogen and oxygen atoms in total. The number of aliphatic hydroxyl groups excluding tert-OH is 2. The summed E-state index contributed by atoms with van der Waals surface area (Å²) in [4.78, 5) is 12.1. The molecule has 4 aliphatic carbocycles. The zero-order chi connectivity index (χ0) is 25.9. The van der Waals surface area contributed by atoms with Crippen molar-refractivity contribution in [2.45, 2.75) is 104 Å². The molecule has 8 heteroatoms. The predicted molar refractivity (Wildman–Crippen MR) is 133 cm³/mol. The van der Waals surface area contributed by atoms with Gasteiger partial charge < -0.3 is 10.2 Å². The van der Waals surface area contributed by atoms with Crippen LogP contribution in [-0.2, 0) is 14.8 Å². The van der Waals surface area contributed by atoms with Crippen LogP contribution in [-0.4, -0.2) is 49.2 Å².